The van der Waals surface area contributed by atoms with Gasteiger partial charge >= 0.3 is 5.97 Å². The van der Waals surface area contributed by atoms with Crippen molar-refractivity contribution in [2.24, 2.45) is 0 Å². The summed E-state index contributed by atoms with van der Waals surface area (Å²) in [5.74, 6) is -0.0781. The van der Waals surface area contributed by atoms with Crippen molar-refractivity contribution in [2.75, 3.05) is 5.32 Å². The van der Waals surface area contributed by atoms with Crippen LogP contribution in [0.25, 0.3) is 0 Å². The molecule has 1 fully saturated rings. The van der Waals surface area contributed by atoms with Crippen LogP contribution in [0.2, 0.25) is 0 Å². The molecule has 1 aromatic heterocycles. The Hall–Kier alpha value is -2.63. The van der Waals surface area contributed by atoms with Gasteiger partial charge in [-0.3, -0.25) is 9.59 Å². The van der Waals surface area contributed by atoms with Crippen LogP contribution in [0.4, 0.5) is 5.69 Å². The Bertz CT molecular complexity index is 742. The Kier molecular flexibility index (Phi) is 3.67. The molecule has 1 aliphatic carbocycles. The molecule has 6 heteroatoms. The maximum atomic E-state index is 12.1. The summed E-state index contributed by atoms with van der Waals surface area (Å²) in [6.07, 6.45) is 2.16. The molecule has 1 saturated carbocycles. The van der Waals surface area contributed by atoms with Gasteiger partial charge in [0.2, 0.25) is 0 Å². The second-order valence-corrected chi connectivity index (χ2v) is 6.35. The summed E-state index contributed by atoms with van der Waals surface area (Å²) in [4.78, 5) is 23.4. The number of hydrogen-bond donors (Lipinski definition) is 2. The van der Waals surface area contributed by atoms with E-state index in [-0.39, 0.29) is 11.6 Å². The largest absolute Gasteiger partial charge is 0.481 e. The van der Waals surface area contributed by atoms with Gasteiger partial charge in [0, 0.05) is 17.7 Å². The number of aromatic nitrogens is 1. The molecular formula is C17H18N2O4. The zero-order chi connectivity index (χ0) is 16.6. The minimum Gasteiger partial charge on any atom is -0.481 e. The first-order chi connectivity index (χ1) is 10.9. The average molecular weight is 314 g/mol. The lowest BCUT2D eigenvalue weighted by Crippen LogP contribution is -2.28. The van der Waals surface area contributed by atoms with E-state index in [2.05, 4.69) is 10.5 Å². The third-order valence-corrected chi connectivity index (χ3v) is 4.14. The number of nitrogens with one attached hydrogen (secondary N) is 1. The number of carbonyl (C=O) groups excluding carboxylic acids is 1. The molecule has 1 aliphatic rings. The third-order valence-electron chi connectivity index (χ3n) is 4.14. The van der Waals surface area contributed by atoms with Crippen LogP contribution in [0, 0.1) is 0 Å². The number of aliphatic carboxylic acids is 1. The molecule has 3 rings (SSSR count). The molecule has 1 heterocycles. The van der Waals surface area contributed by atoms with E-state index in [1.165, 1.54) is 0 Å². The third kappa shape index (κ3) is 3.11. The first kappa shape index (κ1) is 15.3. The van der Waals surface area contributed by atoms with Gasteiger partial charge in [0.15, 0.2) is 5.69 Å². The molecule has 0 spiro atoms. The van der Waals surface area contributed by atoms with E-state index in [9.17, 15) is 14.7 Å². The average Bonchev–Trinajstić information content (AvgIpc) is 3.24. The highest BCUT2D eigenvalue weighted by molar-refractivity contribution is 6.02. The molecule has 2 N–H and O–H groups in total. The van der Waals surface area contributed by atoms with Crippen molar-refractivity contribution in [3.8, 4) is 0 Å². The zero-order valence-electron chi connectivity index (χ0n) is 13.0. The zero-order valence-corrected chi connectivity index (χ0v) is 13.0. The SMILES string of the molecule is CC(C)(C(=O)O)c1ccc(NC(=O)c2cc(C3CC3)on2)cc1. The number of carboxylic acids is 1. The van der Waals surface area contributed by atoms with Gasteiger partial charge in [-0.25, -0.2) is 0 Å². The molecule has 2 aromatic rings. The molecule has 0 bridgehead atoms. The van der Waals surface area contributed by atoms with Crippen LogP contribution >= 0.6 is 0 Å². The fourth-order valence-electron chi connectivity index (χ4n) is 2.25. The van der Waals surface area contributed by atoms with Crippen LogP contribution in [0.1, 0.15) is 54.4 Å². The number of anilines is 1. The summed E-state index contributed by atoms with van der Waals surface area (Å²) in [5, 5.41) is 15.7. The lowest BCUT2D eigenvalue weighted by Gasteiger charge is -2.19. The van der Waals surface area contributed by atoms with Gasteiger partial charge in [0.05, 0.1) is 5.41 Å². The first-order valence-corrected chi connectivity index (χ1v) is 7.50. The van der Waals surface area contributed by atoms with Crippen molar-refractivity contribution in [2.45, 2.75) is 38.0 Å². The van der Waals surface area contributed by atoms with E-state index < -0.39 is 11.4 Å². The second kappa shape index (κ2) is 5.53. The van der Waals surface area contributed by atoms with Gasteiger partial charge in [-0.05, 0) is 44.4 Å². The minimum absolute atomic E-state index is 0.252. The van der Waals surface area contributed by atoms with E-state index in [0.717, 1.165) is 18.6 Å². The van der Waals surface area contributed by atoms with Crippen LogP contribution in [0.5, 0.6) is 0 Å². The van der Waals surface area contributed by atoms with Crippen molar-refractivity contribution >= 4 is 17.6 Å². The van der Waals surface area contributed by atoms with Gasteiger partial charge in [0.1, 0.15) is 5.76 Å². The summed E-state index contributed by atoms with van der Waals surface area (Å²) in [6.45, 7) is 3.27. The van der Waals surface area contributed by atoms with Crippen LogP contribution in [0.3, 0.4) is 0 Å². The van der Waals surface area contributed by atoms with Crippen molar-refractivity contribution in [3.63, 3.8) is 0 Å². The summed E-state index contributed by atoms with van der Waals surface area (Å²) in [6, 6.07) is 8.43. The quantitative estimate of drug-likeness (QED) is 0.884. The normalized spacial score (nSPS) is 14.5. The van der Waals surface area contributed by atoms with Crippen molar-refractivity contribution in [3.05, 3.63) is 47.3 Å². The Morgan fingerprint density at radius 3 is 2.48 bits per heavy atom. The number of carboxylic acid groups (broad SMARTS) is 1. The highest BCUT2D eigenvalue weighted by Gasteiger charge is 2.30. The van der Waals surface area contributed by atoms with Crippen LogP contribution in [-0.2, 0) is 10.2 Å². The Labute approximate surface area is 133 Å². The molecule has 23 heavy (non-hydrogen) atoms. The molecular weight excluding hydrogens is 296 g/mol. The number of carbonyl (C=O) groups is 2. The van der Waals surface area contributed by atoms with Gasteiger partial charge in [0.25, 0.3) is 5.91 Å². The van der Waals surface area contributed by atoms with Crippen molar-refractivity contribution in [1.29, 1.82) is 0 Å². The van der Waals surface area contributed by atoms with Crippen molar-refractivity contribution < 1.29 is 19.2 Å². The smallest absolute Gasteiger partial charge is 0.313 e. The molecule has 0 saturated heterocycles. The highest BCUT2D eigenvalue weighted by Crippen LogP contribution is 2.40. The van der Waals surface area contributed by atoms with Gasteiger partial charge in [-0.15, -0.1) is 0 Å². The maximum absolute atomic E-state index is 12.1. The molecule has 0 aliphatic heterocycles. The predicted molar refractivity (Wildman–Crippen MR) is 83.5 cm³/mol. The number of rotatable bonds is 5. The lowest BCUT2D eigenvalue weighted by atomic mass is 9.85. The second-order valence-electron chi connectivity index (χ2n) is 6.35. The summed E-state index contributed by atoms with van der Waals surface area (Å²) in [5.41, 5.74) is 0.520. The summed E-state index contributed by atoms with van der Waals surface area (Å²) < 4.78 is 5.16. The fraction of sp³-hybridized carbons (Fsp3) is 0.353. The van der Waals surface area contributed by atoms with E-state index in [1.54, 1.807) is 44.2 Å². The van der Waals surface area contributed by atoms with Crippen LogP contribution in [-0.4, -0.2) is 22.1 Å². The van der Waals surface area contributed by atoms with Gasteiger partial charge < -0.3 is 14.9 Å². The first-order valence-electron chi connectivity index (χ1n) is 7.50. The summed E-state index contributed by atoms with van der Waals surface area (Å²) >= 11 is 0. The number of benzene rings is 1. The number of amides is 1. The number of hydrogen-bond acceptors (Lipinski definition) is 4. The number of nitrogens with zero attached hydrogens (tertiary/aromatic N) is 1. The topological polar surface area (TPSA) is 92.4 Å². The molecule has 0 radical (unpaired) electrons. The van der Waals surface area contributed by atoms with E-state index >= 15 is 0 Å². The fourth-order valence-corrected chi connectivity index (χ4v) is 2.25. The van der Waals surface area contributed by atoms with Crippen molar-refractivity contribution in [1.82, 2.24) is 5.16 Å². The molecule has 1 aromatic carbocycles. The predicted octanol–water partition coefficient (Wildman–Crippen LogP) is 3.17. The molecule has 6 nitrogen and oxygen atoms in total. The molecule has 0 atom stereocenters. The monoisotopic (exact) mass is 314 g/mol. The Balaban J connectivity index is 1.70. The van der Waals surface area contributed by atoms with Crippen LogP contribution < -0.4 is 5.32 Å². The molecule has 120 valence electrons. The minimum atomic E-state index is -0.978. The van der Waals surface area contributed by atoms with Gasteiger partial charge in [-0.2, -0.15) is 0 Å². The van der Waals surface area contributed by atoms with E-state index in [1.807, 2.05) is 0 Å². The Morgan fingerprint density at radius 1 is 1.26 bits per heavy atom. The van der Waals surface area contributed by atoms with Gasteiger partial charge in [-0.1, -0.05) is 17.3 Å². The molecule has 1 amide bonds. The maximum Gasteiger partial charge on any atom is 0.313 e. The lowest BCUT2D eigenvalue weighted by molar-refractivity contribution is -0.142. The summed E-state index contributed by atoms with van der Waals surface area (Å²) in [7, 11) is 0. The Morgan fingerprint density at radius 2 is 1.91 bits per heavy atom. The standard InChI is InChI=1S/C17H18N2O4/c1-17(2,16(21)22)11-5-7-12(8-6-11)18-15(20)13-9-14(23-19-13)10-3-4-10/h5-10H,3-4H2,1-2H3,(H,18,20)(H,21,22). The van der Waals surface area contributed by atoms with E-state index in [0.29, 0.717) is 17.2 Å². The van der Waals surface area contributed by atoms with E-state index in [4.69, 9.17) is 4.52 Å². The highest BCUT2D eigenvalue weighted by atomic mass is 16.5. The van der Waals surface area contributed by atoms with Crippen LogP contribution in [0.15, 0.2) is 34.9 Å². The molecule has 0 unspecified atom stereocenters.